The lowest BCUT2D eigenvalue weighted by atomic mass is 9.91. The number of nitrogens with one attached hydrogen (secondary N) is 1. The number of nitrogens with zero attached hydrogens (tertiary/aromatic N) is 2. The third-order valence-corrected chi connectivity index (χ3v) is 3.83. The Labute approximate surface area is 130 Å². The van der Waals surface area contributed by atoms with Crippen LogP contribution in [-0.2, 0) is 0 Å². The highest BCUT2D eigenvalue weighted by Gasteiger charge is 2.23. The largest absolute Gasteiger partial charge is 0.361 e. The van der Waals surface area contributed by atoms with Crippen LogP contribution >= 0.6 is 0 Å². The molecule has 116 valence electrons. The van der Waals surface area contributed by atoms with E-state index in [2.05, 4.69) is 4.98 Å². The number of H-pyrrole nitrogens is 1. The maximum atomic E-state index is 11.1. The zero-order valence-corrected chi connectivity index (χ0v) is 12.0. The second kappa shape index (κ2) is 5.88. The molecule has 3 aromatic rings. The number of aromatic nitrogens is 1. The van der Waals surface area contributed by atoms with Gasteiger partial charge in [0.05, 0.1) is 10.8 Å². The molecule has 0 radical (unpaired) electrons. The number of non-ortho nitro benzene ring substituents is 1. The number of hydrogen-bond acceptors (Lipinski definition) is 4. The first-order chi connectivity index (χ1) is 11.1. The Balaban J connectivity index is 2.07. The Hall–Kier alpha value is -3.22. The molecule has 0 saturated carbocycles. The first-order valence-corrected chi connectivity index (χ1v) is 6.98. The third kappa shape index (κ3) is 2.89. The molecule has 0 amide bonds. The minimum absolute atomic E-state index is 0.0347. The highest BCUT2D eigenvalue weighted by atomic mass is 16.6. The second-order valence-corrected chi connectivity index (χ2v) is 5.21. The summed E-state index contributed by atoms with van der Waals surface area (Å²) in [4.78, 5) is 24.1. The zero-order valence-electron chi connectivity index (χ0n) is 12.0. The Morgan fingerprint density at radius 3 is 2.35 bits per heavy atom. The van der Waals surface area contributed by atoms with Gasteiger partial charge in [-0.25, -0.2) is 0 Å². The van der Waals surface area contributed by atoms with Crippen LogP contribution in [0.15, 0.2) is 54.7 Å². The summed E-state index contributed by atoms with van der Waals surface area (Å²) < 4.78 is 0. The highest BCUT2D eigenvalue weighted by molar-refractivity contribution is 5.84. The van der Waals surface area contributed by atoms with Crippen LogP contribution in [-0.4, -0.2) is 21.4 Å². The summed E-state index contributed by atoms with van der Waals surface area (Å²) in [5.74, 6) is -0.470. The van der Waals surface area contributed by atoms with Crippen molar-refractivity contribution < 1.29 is 9.85 Å². The predicted molar refractivity (Wildman–Crippen MR) is 85.1 cm³/mol. The molecule has 0 bridgehead atoms. The van der Waals surface area contributed by atoms with Crippen LogP contribution < -0.4 is 0 Å². The lowest BCUT2D eigenvalue weighted by Gasteiger charge is -2.12. The maximum Gasteiger partial charge on any atom is 0.269 e. The van der Waals surface area contributed by atoms with Gasteiger partial charge < -0.3 is 4.98 Å². The van der Waals surface area contributed by atoms with Crippen molar-refractivity contribution in [2.24, 2.45) is 0 Å². The van der Waals surface area contributed by atoms with E-state index in [4.69, 9.17) is 0 Å². The standard InChI is InChI=1S/C16H13N3O4/c20-18(21)10-15(11-5-7-12(8-6-11)19(22)23)14-9-17-16-4-2-1-3-13(14)16/h1-9,15,17H,10H2/t15-/m1/s1. The lowest BCUT2D eigenvalue weighted by Crippen LogP contribution is -2.13. The molecule has 1 heterocycles. The van der Waals surface area contributed by atoms with E-state index in [0.717, 1.165) is 16.5 Å². The van der Waals surface area contributed by atoms with Crippen molar-refractivity contribution in [3.8, 4) is 0 Å². The molecule has 7 heteroatoms. The summed E-state index contributed by atoms with van der Waals surface area (Å²) in [7, 11) is 0. The molecule has 23 heavy (non-hydrogen) atoms. The Kier molecular flexibility index (Phi) is 3.76. The van der Waals surface area contributed by atoms with Crippen molar-refractivity contribution in [3.63, 3.8) is 0 Å². The van der Waals surface area contributed by atoms with Crippen molar-refractivity contribution in [2.45, 2.75) is 5.92 Å². The normalized spacial score (nSPS) is 12.2. The van der Waals surface area contributed by atoms with E-state index in [9.17, 15) is 20.2 Å². The van der Waals surface area contributed by atoms with Crippen molar-refractivity contribution in [2.75, 3.05) is 6.54 Å². The Morgan fingerprint density at radius 1 is 1.00 bits per heavy atom. The number of fused-ring (bicyclic) bond motifs is 1. The van der Waals surface area contributed by atoms with Gasteiger partial charge in [0.15, 0.2) is 0 Å². The van der Waals surface area contributed by atoms with E-state index in [0.29, 0.717) is 5.56 Å². The van der Waals surface area contributed by atoms with Gasteiger partial charge >= 0.3 is 0 Å². The Bertz CT molecular complexity index is 870. The molecule has 0 aliphatic heterocycles. The molecule has 1 N–H and O–H groups in total. The van der Waals surface area contributed by atoms with Crippen LogP contribution in [0, 0.1) is 20.2 Å². The van der Waals surface area contributed by atoms with Crippen LogP contribution in [0.25, 0.3) is 10.9 Å². The quantitative estimate of drug-likeness (QED) is 0.575. The van der Waals surface area contributed by atoms with E-state index in [-0.39, 0.29) is 17.2 Å². The fraction of sp³-hybridized carbons (Fsp3) is 0.125. The third-order valence-electron chi connectivity index (χ3n) is 3.83. The molecule has 0 fully saturated rings. The zero-order chi connectivity index (χ0) is 16.4. The summed E-state index contributed by atoms with van der Waals surface area (Å²) in [6.07, 6.45) is 1.76. The summed E-state index contributed by atoms with van der Waals surface area (Å²) in [5, 5.41) is 22.7. The number of hydrogen-bond donors (Lipinski definition) is 1. The Morgan fingerprint density at radius 2 is 1.70 bits per heavy atom. The smallest absolute Gasteiger partial charge is 0.269 e. The van der Waals surface area contributed by atoms with E-state index in [1.165, 1.54) is 12.1 Å². The molecule has 0 unspecified atom stereocenters. The van der Waals surface area contributed by atoms with Gasteiger partial charge in [-0.3, -0.25) is 20.2 Å². The number of para-hydroxylation sites is 1. The minimum atomic E-state index is -0.488. The first-order valence-electron chi connectivity index (χ1n) is 6.98. The van der Waals surface area contributed by atoms with Crippen LogP contribution in [0.2, 0.25) is 0 Å². The molecule has 7 nitrogen and oxygen atoms in total. The first kappa shape index (κ1) is 14.7. The van der Waals surface area contributed by atoms with Crippen molar-refractivity contribution in [1.29, 1.82) is 0 Å². The average Bonchev–Trinajstić information content (AvgIpc) is 2.96. The summed E-state index contributed by atoms with van der Waals surface area (Å²) in [6, 6.07) is 13.5. The molecule has 1 atom stereocenters. The van der Waals surface area contributed by atoms with Crippen molar-refractivity contribution in [3.05, 3.63) is 86.1 Å². The number of aromatic amines is 1. The molecule has 0 aliphatic rings. The molecule has 0 saturated heterocycles. The van der Waals surface area contributed by atoms with Gasteiger partial charge in [-0.05, 0) is 17.2 Å². The molecule has 0 spiro atoms. The number of nitro benzene ring substituents is 1. The van der Waals surface area contributed by atoms with Crippen LogP contribution in [0.1, 0.15) is 17.0 Å². The maximum absolute atomic E-state index is 11.1. The monoisotopic (exact) mass is 311 g/mol. The van der Waals surface area contributed by atoms with Gasteiger partial charge in [0.2, 0.25) is 6.54 Å². The van der Waals surface area contributed by atoms with Gasteiger partial charge in [-0.2, -0.15) is 0 Å². The molecule has 3 rings (SSSR count). The second-order valence-electron chi connectivity index (χ2n) is 5.21. The van der Waals surface area contributed by atoms with Gasteiger partial charge in [0, 0.05) is 34.2 Å². The SMILES string of the molecule is O=[N+]([O-])C[C@H](c1ccc([N+](=O)[O-])cc1)c1c[nH]c2ccccc12. The summed E-state index contributed by atoms with van der Waals surface area (Å²) in [5.41, 5.74) is 2.36. The highest BCUT2D eigenvalue weighted by Crippen LogP contribution is 2.31. The fourth-order valence-electron chi connectivity index (χ4n) is 2.74. The molecule has 1 aromatic heterocycles. The van der Waals surface area contributed by atoms with E-state index < -0.39 is 10.8 Å². The van der Waals surface area contributed by atoms with Gasteiger partial charge in [-0.1, -0.05) is 30.3 Å². The average molecular weight is 311 g/mol. The fourth-order valence-corrected chi connectivity index (χ4v) is 2.74. The molecule has 2 aromatic carbocycles. The van der Waals surface area contributed by atoms with Crippen molar-refractivity contribution >= 4 is 16.6 Å². The van der Waals surface area contributed by atoms with Crippen molar-refractivity contribution in [1.82, 2.24) is 4.98 Å². The molecular weight excluding hydrogens is 298 g/mol. The van der Waals surface area contributed by atoms with Gasteiger partial charge in [0.25, 0.3) is 5.69 Å². The summed E-state index contributed by atoms with van der Waals surface area (Å²) >= 11 is 0. The topological polar surface area (TPSA) is 102 Å². The number of rotatable bonds is 5. The number of benzene rings is 2. The van der Waals surface area contributed by atoms with Crippen LogP contribution in [0.4, 0.5) is 5.69 Å². The summed E-state index contributed by atoms with van der Waals surface area (Å²) in [6.45, 7) is -0.278. The minimum Gasteiger partial charge on any atom is -0.361 e. The lowest BCUT2D eigenvalue weighted by molar-refractivity contribution is -0.481. The van der Waals surface area contributed by atoms with E-state index in [1.807, 2.05) is 24.3 Å². The van der Waals surface area contributed by atoms with E-state index in [1.54, 1.807) is 18.3 Å². The van der Waals surface area contributed by atoms with Crippen LogP contribution in [0.3, 0.4) is 0 Å². The van der Waals surface area contributed by atoms with Crippen LogP contribution in [0.5, 0.6) is 0 Å². The van der Waals surface area contributed by atoms with Gasteiger partial charge in [0.1, 0.15) is 0 Å². The number of nitro groups is 2. The van der Waals surface area contributed by atoms with E-state index >= 15 is 0 Å². The van der Waals surface area contributed by atoms with Gasteiger partial charge in [-0.15, -0.1) is 0 Å². The molecular formula is C16H13N3O4. The predicted octanol–water partition coefficient (Wildman–Crippen LogP) is 3.48. The molecule has 0 aliphatic carbocycles.